The summed E-state index contributed by atoms with van der Waals surface area (Å²) in [6.07, 6.45) is 3.13. The number of aromatic amines is 1. The maximum Gasteiger partial charge on any atom is 0.174 e. The Labute approximate surface area is 116 Å². The standard InChI is InChI=1S/C15H17NO2S/c1-10-15(6-7-18-10)19-9-14(17)12-8-16-13-5-3-2-4-11(12)13/h2-5,8,10,15-16H,6-7,9H2,1H3. The van der Waals surface area contributed by atoms with Gasteiger partial charge in [-0.3, -0.25) is 4.79 Å². The zero-order chi connectivity index (χ0) is 13.2. The molecule has 2 atom stereocenters. The van der Waals surface area contributed by atoms with Crippen LogP contribution in [0.1, 0.15) is 23.7 Å². The molecule has 0 aliphatic carbocycles. The minimum Gasteiger partial charge on any atom is -0.377 e. The fourth-order valence-corrected chi connectivity index (χ4v) is 3.63. The van der Waals surface area contributed by atoms with E-state index in [-0.39, 0.29) is 11.9 Å². The van der Waals surface area contributed by atoms with Gasteiger partial charge in [0.25, 0.3) is 0 Å². The minimum atomic E-state index is 0.196. The second-order valence-electron chi connectivity index (χ2n) is 4.89. The summed E-state index contributed by atoms with van der Waals surface area (Å²) < 4.78 is 5.52. The maximum absolute atomic E-state index is 12.3. The molecular weight excluding hydrogens is 258 g/mol. The van der Waals surface area contributed by atoms with Gasteiger partial charge in [-0.05, 0) is 19.4 Å². The average Bonchev–Trinajstić information content (AvgIpc) is 3.02. The summed E-state index contributed by atoms with van der Waals surface area (Å²) in [5.74, 6) is 0.724. The summed E-state index contributed by atoms with van der Waals surface area (Å²) in [5.41, 5.74) is 1.82. The monoisotopic (exact) mass is 275 g/mol. The lowest BCUT2D eigenvalue weighted by Gasteiger charge is -2.12. The van der Waals surface area contributed by atoms with Gasteiger partial charge >= 0.3 is 0 Å². The molecule has 19 heavy (non-hydrogen) atoms. The Hall–Kier alpha value is -1.26. The van der Waals surface area contributed by atoms with Crippen LogP contribution in [0.4, 0.5) is 0 Å². The number of aromatic nitrogens is 1. The van der Waals surface area contributed by atoms with Crippen molar-refractivity contribution >= 4 is 28.4 Å². The Bertz CT molecular complexity index is 593. The second kappa shape index (κ2) is 5.39. The van der Waals surface area contributed by atoms with Gasteiger partial charge in [-0.1, -0.05) is 18.2 Å². The first-order chi connectivity index (χ1) is 9.25. The predicted octanol–water partition coefficient (Wildman–Crippen LogP) is 3.26. The number of carbonyl (C=O) groups is 1. The molecule has 100 valence electrons. The summed E-state index contributed by atoms with van der Waals surface area (Å²) in [6, 6.07) is 7.92. The van der Waals surface area contributed by atoms with Gasteiger partial charge in [0.05, 0.1) is 11.9 Å². The first kappa shape index (κ1) is 12.8. The fourth-order valence-electron chi connectivity index (χ4n) is 2.49. The van der Waals surface area contributed by atoms with Crippen LogP contribution in [0.15, 0.2) is 30.5 Å². The number of rotatable bonds is 4. The Morgan fingerprint density at radius 3 is 3.11 bits per heavy atom. The molecule has 0 bridgehead atoms. The summed E-state index contributed by atoms with van der Waals surface area (Å²) >= 11 is 1.72. The molecule has 1 saturated heterocycles. The molecule has 0 radical (unpaired) electrons. The number of hydrogen-bond donors (Lipinski definition) is 1. The highest BCUT2D eigenvalue weighted by Crippen LogP contribution is 2.27. The van der Waals surface area contributed by atoms with Crippen molar-refractivity contribution in [2.45, 2.75) is 24.7 Å². The van der Waals surface area contributed by atoms with Gasteiger partial charge in [0.15, 0.2) is 5.78 Å². The van der Waals surface area contributed by atoms with E-state index < -0.39 is 0 Å². The lowest BCUT2D eigenvalue weighted by atomic mass is 10.1. The molecule has 2 heterocycles. The highest BCUT2D eigenvalue weighted by Gasteiger charge is 2.25. The van der Waals surface area contributed by atoms with Crippen molar-refractivity contribution in [3.63, 3.8) is 0 Å². The van der Waals surface area contributed by atoms with E-state index in [4.69, 9.17) is 4.74 Å². The first-order valence-corrected chi connectivity index (χ1v) is 7.63. The van der Waals surface area contributed by atoms with Crippen LogP contribution in [-0.4, -0.2) is 34.5 Å². The topological polar surface area (TPSA) is 42.1 Å². The van der Waals surface area contributed by atoms with E-state index in [9.17, 15) is 4.79 Å². The van der Waals surface area contributed by atoms with Gasteiger partial charge in [0.1, 0.15) is 0 Å². The van der Waals surface area contributed by atoms with Crippen LogP contribution >= 0.6 is 11.8 Å². The molecular formula is C15H17NO2S. The quantitative estimate of drug-likeness (QED) is 0.871. The summed E-state index contributed by atoms with van der Waals surface area (Å²) in [5, 5.41) is 1.47. The number of fused-ring (bicyclic) bond motifs is 1. The number of thioether (sulfide) groups is 1. The van der Waals surface area contributed by atoms with Crippen LogP contribution in [0.3, 0.4) is 0 Å². The first-order valence-electron chi connectivity index (χ1n) is 6.58. The lowest BCUT2D eigenvalue weighted by Crippen LogP contribution is -2.16. The number of para-hydroxylation sites is 1. The van der Waals surface area contributed by atoms with Crippen molar-refractivity contribution in [1.29, 1.82) is 0 Å². The summed E-state index contributed by atoms with van der Waals surface area (Å²) in [4.78, 5) is 15.5. The van der Waals surface area contributed by atoms with Gasteiger partial charge in [0, 0.05) is 34.5 Å². The molecule has 3 nitrogen and oxygen atoms in total. The third-order valence-electron chi connectivity index (χ3n) is 3.62. The summed E-state index contributed by atoms with van der Waals surface area (Å²) in [6.45, 7) is 2.90. The van der Waals surface area contributed by atoms with Crippen molar-refractivity contribution in [3.05, 3.63) is 36.0 Å². The van der Waals surface area contributed by atoms with Gasteiger partial charge in [-0.2, -0.15) is 0 Å². The molecule has 0 amide bonds. The third kappa shape index (κ3) is 2.55. The van der Waals surface area contributed by atoms with Crippen LogP contribution < -0.4 is 0 Å². The van der Waals surface area contributed by atoms with Gasteiger partial charge in [-0.15, -0.1) is 11.8 Å². The Kier molecular flexibility index (Phi) is 3.62. The number of ether oxygens (including phenoxy) is 1. The molecule has 0 saturated carbocycles. The number of Topliss-reactive ketones (excluding diaryl/α,β-unsaturated/α-hetero) is 1. The number of carbonyl (C=O) groups excluding carboxylic acids is 1. The number of nitrogens with one attached hydrogen (secondary N) is 1. The molecule has 0 spiro atoms. The molecule has 2 aromatic rings. The smallest absolute Gasteiger partial charge is 0.174 e. The average molecular weight is 275 g/mol. The van der Waals surface area contributed by atoms with Crippen molar-refractivity contribution in [3.8, 4) is 0 Å². The molecule has 4 heteroatoms. The number of H-pyrrole nitrogens is 1. The zero-order valence-corrected chi connectivity index (χ0v) is 11.7. The van der Waals surface area contributed by atoms with Gasteiger partial charge in [-0.25, -0.2) is 0 Å². The Balaban J connectivity index is 1.70. The van der Waals surface area contributed by atoms with E-state index in [0.29, 0.717) is 11.0 Å². The highest BCUT2D eigenvalue weighted by atomic mass is 32.2. The molecule has 1 aromatic carbocycles. The van der Waals surface area contributed by atoms with Crippen LogP contribution in [0.25, 0.3) is 10.9 Å². The van der Waals surface area contributed by atoms with Gasteiger partial charge < -0.3 is 9.72 Å². The third-order valence-corrected chi connectivity index (χ3v) is 5.10. The van der Waals surface area contributed by atoms with Crippen molar-refractivity contribution in [2.75, 3.05) is 12.4 Å². The normalized spacial score (nSPS) is 23.0. The second-order valence-corrected chi connectivity index (χ2v) is 6.11. The van der Waals surface area contributed by atoms with E-state index in [1.165, 1.54) is 0 Å². The molecule has 1 aliphatic rings. The fraction of sp³-hybridized carbons (Fsp3) is 0.400. The largest absolute Gasteiger partial charge is 0.377 e. The highest BCUT2D eigenvalue weighted by molar-refractivity contribution is 8.00. The number of hydrogen-bond acceptors (Lipinski definition) is 3. The van der Waals surface area contributed by atoms with Crippen molar-refractivity contribution in [1.82, 2.24) is 4.98 Å². The SMILES string of the molecule is CC1OCCC1SCC(=O)c1c[nH]c2ccccc12. The van der Waals surface area contributed by atoms with Crippen LogP contribution in [0.5, 0.6) is 0 Å². The van der Waals surface area contributed by atoms with Crippen LogP contribution in [0, 0.1) is 0 Å². The van der Waals surface area contributed by atoms with Crippen LogP contribution in [0.2, 0.25) is 0 Å². The van der Waals surface area contributed by atoms with E-state index in [1.54, 1.807) is 11.8 Å². The molecule has 1 aliphatic heterocycles. The van der Waals surface area contributed by atoms with E-state index >= 15 is 0 Å². The predicted molar refractivity (Wildman–Crippen MR) is 78.9 cm³/mol. The molecule has 3 rings (SSSR count). The maximum atomic E-state index is 12.3. The zero-order valence-electron chi connectivity index (χ0n) is 10.9. The molecule has 1 aromatic heterocycles. The number of ketones is 1. The molecule has 2 unspecified atom stereocenters. The Morgan fingerprint density at radius 2 is 2.32 bits per heavy atom. The Morgan fingerprint density at radius 1 is 1.47 bits per heavy atom. The van der Waals surface area contributed by atoms with E-state index in [1.807, 2.05) is 30.5 Å². The van der Waals surface area contributed by atoms with Crippen molar-refractivity contribution < 1.29 is 9.53 Å². The van der Waals surface area contributed by atoms with Crippen molar-refractivity contribution in [2.24, 2.45) is 0 Å². The van der Waals surface area contributed by atoms with Crippen LogP contribution in [-0.2, 0) is 4.74 Å². The molecule has 1 N–H and O–H groups in total. The van der Waals surface area contributed by atoms with E-state index in [0.717, 1.165) is 29.5 Å². The van der Waals surface area contributed by atoms with Gasteiger partial charge in [0.2, 0.25) is 0 Å². The van der Waals surface area contributed by atoms with E-state index in [2.05, 4.69) is 11.9 Å². The summed E-state index contributed by atoms with van der Waals surface area (Å²) in [7, 11) is 0. The number of benzene rings is 1. The molecule has 1 fully saturated rings. The minimum absolute atomic E-state index is 0.196. The lowest BCUT2D eigenvalue weighted by molar-refractivity contribution is 0.102.